The largest absolute Gasteiger partial charge is 0.292 e. The fraction of sp³-hybridized carbons (Fsp3) is 0.0667. The van der Waals surface area contributed by atoms with Crippen LogP contribution in [0.25, 0.3) is 0 Å². The van der Waals surface area contributed by atoms with E-state index in [4.69, 9.17) is 23.2 Å². The number of rotatable bonds is 3. The van der Waals surface area contributed by atoms with Gasteiger partial charge in [-0.3, -0.25) is 4.79 Å². The molecule has 1 atom stereocenters. The van der Waals surface area contributed by atoms with Crippen molar-refractivity contribution in [1.29, 1.82) is 5.26 Å². The molecule has 0 aromatic heterocycles. The van der Waals surface area contributed by atoms with Gasteiger partial charge in [-0.2, -0.15) is 5.26 Å². The van der Waals surface area contributed by atoms with Crippen molar-refractivity contribution in [3.63, 3.8) is 0 Å². The molecule has 6 heteroatoms. The number of nitrogens with zero attached hydrogens (tertiary/aromatic N) is 1. The molecule has 1 unspecified atom stereocenters. The molecule has 2 aromatic carbocycles. The lowest BCUT2D eigenvalue weighted by molar-refractivity contribution is 0.0977. The summed E-state index contributed by atoms with van der Waals surface area (Å²) in [6.07, 6.45) is 0. The van der Waals surface area contributed by atoms with E-state index < -0.39 is 23.3 Å². The lowest BCUT2D eigenvalue weighted by Gasteiger charge is -2.11. The molecule has 0 aliphatic heterocycles. The Kier molecular flexibility index (Phi) is 4.56. The molecule has 2 nitrogen and oxygen atoms in total. The van der Waals surface area contributed by atoms with Crippen molar-refractivity contribution in [2.45, 2.75) is 5.92 Å². The molecule has 0 aliphatic carbocycles. The van der Waals surface area contributed by atoms with Crippen LogP contribution in [0.1, 0.15) is 21.8 Å². The molecule has 0 radical (unpaired) electrons. The highest BCUT2D eigenvalue weighted by Crippen LogP contribution is 2.29. The van der Waals surface area contributed by atoms with Crippen molar-refractivity contribution in [3.05, 3.63) is 69.2 Å². The maximum atomic E-state index is 14.0. The number of ketones is 1. The smallest absolute Gasteiger partial charge is 0.186 e. The molecule has 0 fully saturated rings. The predicted octanol–water partition coefficient (Wildman–Crippen LogP) is 4.76. The fourth-order valence-corrected chi connectivity index (χ4v) is 2.30. The van der Waals surface area contributed by atoms with Crippen LogP contribution in [-0.4, -0.2) is 5.78 Å². The Bertz CT molecular complexity index is 756. The highest BCUT2D eigenvalue weighted by molar-refractivity contribution is 6.34. The second kappa shape index (κ2) is 6.21. The van der Waals surface area contributed by atoms with Crippen molar-refractivity contribution in [2.75, 3.05) is 0 Å². The Labute approximate surface area is 129 Å². The van der Waals surface area contributed by atoms with Crippen LogP contribution in [0.4, 0.5) is 8.78 Å². The zero-order valence-corrected chi connectivity index (χ0v) is 11.9. The van der Waals surface area contributed by atoms with Gasteiger partial charge >= 0.3 is 0 Å². The molecule has 21 heavy (non-hydrogen) atoms. The third-order valence-corrected chi connectivity index (χ3v) is 3.48. The van der Waals surface area contributed by atoms with E-state index in [9.17, 15) is 18.8 Å². The van der Waals surface area contributed by atoms with Crippen LogP contribution in [0, 0.1) is 23.0 Å². The Morgan fingerprint density at radius 3 is 2.48 bits per heavy atom. The van der Waals surface area contributed by atoms with Gasteiger partial charge in [0.05, 0.1) is 16.1 Å². The summed E-state index contributed by atoms with van der Waals surface area (Å²) in [5.74, 6) is -3.58. The van der Waals surface area contributed by atoms with Gasteiger partial charge in [-0.25, -0.2) is 8.78 Å². The zero-order chi connectivity index (χ0) is 15.6. The number of halogens is 4. The molecule has 0 N–H and O–H groups in total. The molecule has 0 saturated heterocycles. The molecule has 0 spiro atoms. The molecule has 2 rings (SSSR count). The molecule has 0 amide bonds. The fourth-order valence-electron chi connectivity index (χ4n) is 1.86. The summed E-state index contributed by atoms with van der Waals surface area (Å²) in [6, 6.07) is 8.93. The molecule has 0 heterocycles. The summed E-state index contributed by atoms with van der Waals surface area (Å²) >= 11 is 11.4. The standard InChI is InChI=1S/C15H7Cl2F2NO/c16-12-3-1-2-9(14(12)19)11(7-20)15(21)10-5-4-8(18)6-13(10)17/h1-6,11H. The second-order valence-corrected chi connectivity index (χ2v) is 5.01. The number of benzene rings is 2. The van der Waals surface area contributed by atoms with E-state index in [0.29, 0.717) is 0 Å². The topological polar surface area (TPSA) is 40.9 Å². The van der Waals surface area contributed by atoms with E-state index in [2.05, 4.69) is 0 Å². The van der Waals surface area contributed by atoms with Crippen LogP contribution in [0.2, 0.25) is 10.0 Å². The highest BCUT2D eigenvalue weighted by Gasteiger charge is 2.27. The first-order chi connectivity index (χ1) is 9.95. The number of hydrogen-bond donors (Lipinski definition) is 0. The normalized spacial score (nSPS) is 11.8. The lowest BCUT2D eigenvalue weighted by atomic mass is 9.91. The van der Waals surface area contributed by atoms with E-state index in [0.717, 1.165) is 18.2 Å². The maximum Gasteiger partial charge on any atom is 0.186 e. The summed E-state index contributed by atoms with van der Waals surface area (Å²) in [6.45, 7) is 0. The SMILES string of the molecule is N#CC(C(=O)c1ccc(F)cc1Cl)c1cccc(Cl)c1F. The number of hydrogen-bond acceptors (Lipinski definition) is 2. The first-order valence-corrected chi connectivity index (χ1v) is 6.54. The third-order valence-electron chi connectivity index (χ3n) is 2.88. The van der Waals surface area contributed by atoms with E-state index >= 15 is 0 Å². The minimum Gasteiger partial charge on any atom is -0.292 e. The number of Topliss-reactive ketones (excluding diaryl/α,β-unsaturated/α-hetero) is 1. The van der Waals surface area contributed by atoms with Crippen LogP contribution < -0.4 is 0 Å². The Morgan fingerprint density at radius 2 is 1.86 bits per heavy atom. The van der Waals surface area contributed by atoms with Crippen LogP contribution in [0.15, 0.2) is 36.4 Å². The van der Waals surface area contributed by atoms with Crippen molar-refractivity contribution < 1.29 is 13.6 Å². The number of carbonyl (C=O) groups is 1. The summed E-state index contributed by atoms with van der Waals surface area (Å²) in [5, 5.41) is 8.85. The van der Waals surface area contributed by atoms with Gasteiger partial charge in [0.15, 0.2) is 5.78 Å². The Hall–Kier alpha value is -1.96. The molecular formula is C15H7Cl2F2NO. The summed E-state index contributed by atoms with van der Waals surface area (Å²) in [7, 11) is 0. The maximum absolute atomic E-state index is 14.0. The summed E-state index contributed by atoms with van der Waals surface area (Å²) in [4.78, 5) is 12.3. The lowest BCUT2D eigenvalue weighted by Crippen LogP contribution is -2.13. The molecule has 0 bridgehead atoms. The van der Waals surface area contributed by atoms with Gasteiger partial charge in [-0.15, -0.1) is 0 Å². The van der Waals surface area contributed by atoms with E-state index in [1.54, 1.807) is 6.07 Å². The van der Waals surface area contributed by atoms with Gasteiger partial charge in [0.2, 0.25) is 0 Å². The minimum atomic E-state index is -1.41. The van der Waals surface area contributed by atoms with Crippen LogP contribution in [-0.2, 0) is 0 Å². The van der Waals surface area contributed by atoms with Crippen molar-refractivity contribution in [3.8, 4) is 6.07 Å². The molecule has 106 valence electrons. The van der Waals surface area contributed by atoms with Gasteiger partial charge in [-0.1, -0.05) is 35.3 Å². The first kappa shape index (κ1) is 15.4. The molecule has 0 aliphatic rings. The third kappa shape index (κ3) is 3.05. The van der Waals surface area contributed by atoms with Crippen molar-refractivity contribution >= 4 is 29.0 Å². The number of carbonyl (C=O) groups excluding carboxylic acids is 1. The summed E-state index contributed by atoms with van der Waals surface area (Å²) < 4.78 is 26.9. The quantitative estimate of drug-likeness (QED) is 0.763. The van der Waals surface area contributed by atoms with Crippen LogP contribution in [0.5, 0.6) is 0 Å². The molecule has 0 saturated carbocycles. The van der Waals surface area contributed by atoms with Gasteiger partial charge < -0.3 is 0 Å². The van der Waals surface area contributed by atoms with Crippen LogP contribution >= 0.6 is 23.2 Å². The van der Waals surface area contributed by atoms with E-state index in [-0.39, 0.29) is 21.2 Å². The Morgan fingerprint density at radius 1 is 1.14 bits per heavy atom. The van der Waals surface area contributed by atoms with Crippen molar-refractivity contribution in [1.82, 2.24) is 0 Å². The average molecular weight is 326 g/mol. The monoisotopic (exact) mass is 325 g/mol. The van der Waals surface area contributed by atoms with Gasteiger partial charge in [0, 0.05) is 11.1 Å². The highest BCUT2D eigenvalue weighted by atomic mass is 35.5. The second-order valence-electron chi connectivity index (χ2n) is 4.19. The first-order valence-electron chi connectivity index (χ1n) is 5.78. The molecule has 2 aromatic rings. The van der Waals surface area contributed by atoms with Gasteiger partial charge in [0.25, 0.3) is 0 Å². The zero-order valence-electron chi connectivity index (χ0n) is 10.4. The van der Waals surface area contributed by atoms with Crippen molar-refractivity contribution in [2.24, 2.45) is 0 Å². The average Bonchev–Trinajstić information content (AvgIpc) is 2.44. The summed E-state index contributed by atoms with van der Waals surface area (Å²) in [5.41, 5.74) is -0.195. The minimum absolute atomic E-state index is 0.0519. The van der Waals surface area contributed by atoms with Crippen LogP contribution in [0.3, 0.4) is 0 Å². The number of nitriles is 1. The molecular weight excluding hydrogens is 319 g/mol. The van der Waals surface area contributed by atoms with Gasteiger partial charge in [0.1, 0.15) is 17.6 Å². The Balaban J connectivity index is 2.49. The van der Waals surface area contributed by atoms with E-state index in [1.807, 2.05) is 0 Å². The van der Waals surface area contributed by atoms with Gasteiger partial charge in [-0.05, 0) is 24.3 Å². The predicted molar refractivity (Wildman–Crippen MR) is 75.5 cm³/mol. The van der Waals surface area contributed by atoms with E-state index in [1.165, 1.54) is 18.2 Å².